The highest BCUT2D eigenvalue weighted by Crippen LogP contribution is 2.50. The molecule has 0 saturated carbocycles. The summed E-state index contributed by atoms with van der Waals surface area (Å²) in [6.07, 6.45) is 5.76. The van der Waals surface area contributed by atoms with Gasteiger partial charge in [-0.1, -0.05) is 61.5 Å². The summed E-state index contributed by atoms with van der Waals surface area (Å²) in [4.78, 5) is 47.3. The van der Waals surface area contributed by atoms with Crippen molar-refractivity contribution in [3.05, 3.63) is 125 Å². The number of carbonyl (C=O) groups excluding carboxylic acids is 3. The lowest BCUT2D eigenvalue weighted by atomic mass is 9.82. The first kappa shape index (κ1) is 38.9. The zero-order valence-electron chi connectivity index (χ0n) is 31.9. The van der Waals surface area contributed by atoms with Crippen molar-refractivity contribution in [1.29, 1.82) is 0 Å². The minimum atomic E-state index is -2.04. The molecule has 3 aliphatic heterocycles. The maximum Gasteiger partial charge on any atom is 0.268 e. The average molecular weight is 759 g/mol. The number of fused-ring (bicyclic) bond motifs is 3. The van der Waals surface area contributed by atoms with E-state index in [1.165, 1.54) is 4.90 Å². The fourth-order valence-corrected chi connectivity index (χ4v) is 8.22. The number of hydrogen-bond donors (Lipinski definition) is 4. The first-order chi connectivity index (χ1) is 27.2. The van der Waals surface area contributed by atoms with E-state index in [2.05, 4.69) is 5.32 Å². The third-order valence-electron chi connectivity index (χ3n) is 11.2. The summed E-state index contributed by atoms with van der Waals surface area (Å²) >= 11 is 0. The lowest BCUT2D eigenvalue weighted by molar-refractivity contribution is -0.138. The van der Waals surface area contributed by atoms with Gasteiger partial charge in [-0.25, -0.2) is 0 Å². The summed E-state index contributed by atoms with van der Waals surface area (Å²) < 4.78 is 5.81. The number of amides is 3. The third-order valence-corrected chi connectivity index (χ3v) is 11.2. The molecule has 0 radical (unpaired) electrons. The Labute approximate surface area is 327 Å². The third kappa shape index (κ3) is 7.35. The van der Waals surface area contributed by atoms with Gasteiger partial charge in [0.2, 0.25) is 11.8 Å². The predicted molar refractivity (Wildman–Crippen MR) is 215 cm³/mol. The van der Waals surface area contributed by atoms with Crippen LogP contribution >= 0.6 is 0 Å². The summed E-state index contributed by atoms with van der Waals surface area (Å²) in [5.41, 5.74) is 3.66. The number of aliphatic hydroxyl groups is 3. The van der Waals surface area contributed by atoms with E-state index in [0.29, 0.717) is 79.4 Å². The van der Waals surface area contributed by atoms with Gasteiger partial charge in [-0.2, -0.15) is 0 Å². The van der Waals surface area contributed by atoms with E-state index in [9.17, 15) is 29.7 Å². The Morgan fingerprint density at radius 3 is 2.39 bits per heavy atom. The van der Waals surface area contributed by atoms with E-state index in [1.54, 1.807) is 47.1 Å². The molecular weight excluding hydrogens is 709 g/mol. The molecule has 0 fully saturated rings. The van der Waals surface area contributed by atoms with Gasteiger partial charge in [-0.3, -0.25) is 24.2 Å². The number of ether oxygens (including phenoxy) is 1. The average Bonchev–Trinajstić information content (AvgIpc) is 3.45. The number of rotatable bonds is 14. The molecule has 292 valence electrons. The highest BCUT2D eigenvalue weighted by Gasteiger charge is 2.53. The molecule has 56 heavy (non-hydrogen) atoms. The van der Waals surface area contributed by atoms with Crippen molar-refractivity contribution >= 4 is 40.5 Å². The standard InChI is InChI=1S/C45H50N4O7/c1-3-56-37-19-21-40-33(25-37)26-39(46-22-9-10-23-50)43(53)48(40)35-18-20-41-38(27-35)45(55,44(54)49(41)34-15-5-4-6-16-34)30(2)12-11-17-42(52)47-28-32-14-8-7-13-31(32)24-36(47)29-51/h4-8,11-16,18-21,25,27,30,36,39,46,50-51,55H,3,9-10,17,22-24,26,28-29H2,1-2H3/b12-11+/t30-,36+,39?,45+/m1/s1. The molecule has 0 bridgehead atoms. The minimum absolute atomic E-state index is 0.0259. The number of anilines is 4. The van der Waals surface area contributed by atoms with Crippen LogP contribution in [-0.4, -0.2) is 76.4 Å². The summed E-state index contributed by atoms with van der Waals surface area (Å²) in [6.45, 7) is 5.04. The minimum Gasteiger partial charge on any atom is -0.494 e. The van der Waals surface area contributed by atoms with Gasteiger partial charge in [0.25, 0.3) is 5.91 Å². The van der Waals surface area contributed by atoms with Crippen LogP contribution in [0.2, 0.25) is 0 Å². The number of nitrogens with one attached hydrogen (secondary N) is 1. The highest BCUT2D eigenvalue weighted by molar-refractivity contribution is 6.13. The van der Waals surface area contributed by atoms with E-state index >= 15 is 0 Å². The fraction of sp³-hybridized carbons (Fsp3) is 0.356. The molecule has 11 nitrogen and oxygen atoms in total. The fourth-order valence-electron chi connectivity index (χ4n) is 8.22. The van der Waals surface area contributed by atoms with Crippen LogP contribution in [0.15, 0.2) is 103 Å². The summed E-state index contributed by atoms with van der Waals surface area (Å²) in [5.74, 6) is -0.952. The van der Waals surface area contributed by atoms with Gasteiger partial charge >= 0.3 is 0 Å². The molecule has 4 N–H and O–H groups in total. The maximum absolute atomic E-state index is 14.6. The smallest absolute Gasteiger partial charge is 0.268 e. The zero-order valence-corrected chi connectivity index (χ0v) is 31.9. The molecule has 3 heterocycles. The van der Waals surface area contributed by atoms with Gasteiger partial charge in [0.15, 0.2) is 5.60 Å². The van der Waals surface area contributed by atoms with Crippen LogP contribution < -0.4 is 19.9 Å². The molecule has 4 aromatic carbocycles. The molecule has 0 spiro atoms. The molecule has 3 aliphatic rings. The topological polar surface area (TPSA) is 143 Å². The Morgan fingerprint density at radius 1 is 0.893 bits per heavy atom. The van der Waals surface area contributed by atoms with Gasteiger partial charge in [0.05, 0.1) is 36.7 Å². The largest absolute Gasteiger partial charge is 0.494 e. The quantitative estimate of drug-likeness (QED) is 0.0986. The maximum atomic E-state index is 14.6. The van der Waals surface area contributed by atoms with Crippen molar-refractivity contribution in [2.45, 2.75) is 70.2 Å². The van der Waals surface area contributed by atoms with Crippen molar-refractivity contribution in [2.75, 3.05) is 36.2 Å². The van der Waals surface area contributed by atoms with Crippen LogP contribution in [-0.2, 0) is 39.4 Å². The Morgan fingerprint density at radius 2 is 1.64 bits per heavy atom. The first-order valence-electron chi connectivity index (χ1n) is 19.5. The van der Waals surface area contributed by atoms with Gasteiger partial charge in [-0.05, 0) is 104 Å². The lowest BCUT2D eigenvalue weighted by Crippen LogP contribution is -2.49. The second kappa shape index (κ2) is 16.8. The van der Waals surface area contributed by atoms with Gasteiger partial charge < -0.3 is 30.3 Å². The predicted octanol–water partition coefficient (Wildman–Crippen LogP) is 5.43. The molecule has 7 rings (SSSR count). The van der Waals surface area contributed by atoms with E-state index in [0.717, 1.165) is 16.7 Å². The molecule has 1 unspecified atom stereocenters. The number of unbranched alkanes of at least 4 members (excludes halogenated alkanes) is 1. The van der Waals surface area contributed by atoms with Crippen LogP contribution in [0.4, 0.5) is 22.7 Å². The number of aliphatic hydroxyl groups excluding tert-OH is 2. The number of benzene rings is 4. The van der Waals surface area contributed by atoms with E-state index in [4.69, 9.17) is 4.74 Å². The van der Waals surface area contributed by atoms with Crippen LogP contribution in [0.3, 0.4) is 0 Å². The van der Waals surface area contributed by atoms with Crippen molar-refractivity contribution in [1.82, 2.24) is 10.2 Å². The van der Waals surface area contributed by atoms with Crippen molar-refractivity contribution in [2.24, 2.45) is 5.92 Å². The molecule has 3 amide bonds. The van der Waals surface area contributed by atoms with Crippen LogP contribution in [0.5, 0.6) is 5.75 Å². The van der Waals surface area contributed by atoms with Gasteiger partial charge in [0.1, 0.15) is 5.75 Å². The SMILES string of the molecule is CCOc1ccc2c(c1)CC(NCCCCO)C(=O)N2c1ccc2c(c1)[C@@](O)([C@H](C)/C=C/CC(=O)N1Cc3ccccc3C[C@H]1CO)C(=O)N2c1ccccc1. The van der Waals surface area contributed by atoms with Crippen molar-refractivity contribution < 1.29 is 34.4 Å². The Kier molecular flexibility index (Phi) is 11.7. The zero-order chi connectivity index (χ0) is 39.4. The molecular formula is C45H50N4O7. The summed E-state index contributed by atoms with van der Waals surface area (Å²) in [6, 6.07) is 27.1. The number of hydrogen-bond acceptors (Lipinski definition) is 8. The van der Waals surface area contributed by atoms with E-state index in [1.807, 2.05) is 79.7 Å². The molecule has 11 heteroatoms. The number of para-hydroxylation sites is 1. The molecule has 0 saturated heterocycles. The number of carbonyl (C=O) groups is 3. The molecule has 0 aromatic heterocycles. The van der Waals surface area contributed by atoms with E-state index in [-0.39, 0.29) is 37.5 Å². The monoisotopic (exact) mass is 758 g/mol. The second-order valence-electron chi connectivity index (χ2n) is 14.7. The van der Waals surface area contributed by atoms with Gasteiger partial charge in [0, 0.05) is 42.4 Å². The van der Waals surface area contributed by atoms with E-state index < -0.39 is 23.5 Å². The first-order valence-corrected chi connectivity index (χ1v) is 19.5. The highest BCUT2D eigenvalue weighted by atomic mass is 16.5. The summed E-state index contributed by atoms with van der Waals surface area (Å²) in [7, 11) is 0. The normalized spacial score (nSPS) is 20.9. The molecule has 4 aromatic rings. The van der Waals surface area contributed by atoms with Crippen molar-refractivity contribution in [3.8, 4) is 5.75 Å². The second-order valence-corrected chi connectivity index (χ2v) is 14.7. The molecule has 4 atom stereocenters. The molecule has 0 aliphatic carbocycles. The van der Waals surface area contributed by atoms with Crippen molar-refractivity contribution in [3.63, 3.8) is 0 Å². The van der Waals surface area contributed by atoms with Gasteiger partial charge in [-0.15, -0.1) is 0 Å². The van der Waals surface area contributed by atoms with Crippen LogP contribution in [0, 0.1) is 5.92 Å². The Hall–Kier alpha value is -5.33. The Bertz CT molecular complexity index is 2110. The van der Waals surface area contributed by atoms with Crippen LogP contribution in [0.1, 0.15) is 55.4 Å². The number of nitrogens with zero attached hydrogens (tertiary/aromatic N) is 3. The van der Waals surface area contributed by atoms with Crippen LogP contribution in [0.25, 0.3) is 0 Å². The Balaban J connectivity index is 1.22. The lowest BCUT2D eigenvalue weighted by Gasteiger charge is -2.36. The summed E-state index contributed by atoms with van der Waals surface area (Å²) in [5, 5.41) is 35.5.